The van der Waals surface area contributed by atoms with Crippen molar-refractivity contribution in [2.45, 2.75) is 58.7 Å². The smallest absolute Gasteiger partial charge is 0.410 e. The number of ether oxygens (including phenoxy) is 2. The molecular formula is C23H32N6O3. The van der Waals surface area contributed by atoms with Gasteiger partial charge < -0.3 is 14.4 Å². The summed E-state index contributed by atoms with van der Waals surface area (Å²) >= 11 is 0. The SMILES string of the molecule is CC(CC[C@H]1CCN(C(=O)OC(C)(C)C)C1)Oc1nc(-c2cnn(C)c2)cn2nccc12. The number of carbonyl (C=O) groups excluding carboxylic acids is 1. The van der Waals surface area contributed by atoms with Crippen LogP contribution in [0.5, 0.6) is 5.88 Å². The molecule has 4 heterocycles. The van der Waals surface area contributed by atoms with E-state index in [0.717, 1.165) is 49.1 Å². The van der Waals surface area contributed by atoms with Gasteiger partial charge in [-0.1, -0.05) is 0 Å². The Morgan fingerprint density at radius 3 is 2.81 bits per heavy atom. The second kappa shape index (κ2) is 8.80. The van der Waals surface area contributed by atoms with Crippen LogP contribution < -0.4 is 4.74 Å². The number of likely N-dealkylation sites (tertiary alicyclic amines) is 1. The molecule has 1 amide bonds. The number of fused-ring (bicyclic) bond motifs is 1. The summed E-state index contributed by atoms with van der Waals surface area (Å²) in [4.78, 5) is 18.8. The minimum Gasteiger partial charge on any atom is -0.473 e. The summed E-state index contributed by atoms with van der Waals surface area (Å²) in [6, 6.07) is 1.90. The normalized spacial score (nSPS) is 17.7. The van der Waals surface area contributed by atoms with E-state index in [1.54, 1.807) is 21.6 Å². The standard InChI is InChI=1S/C23H32N6O3/c1-16(6-7-17-9-11-28(13-17)22(30)32-23(2,3)4)31-21-20-8-10-24-29(20)15-19(26-21)18-12-25-27(5)14-18/h8,10,12,14-17H,6-7,9,11,13H2,1-5H3/t16?,17-/m0/s1. The zero-order chi connectivity index (χ0) is 22.9. The van der Waals surface area contributed by atoms with Crippen molar-refractivity contribution in [1.82, 2.24) is 29.3 Å². The van der Waals surface area contributed by atoms with Crippen LogP contribution in [-0.2, 0) is 11.8 Å². The fourth-order valence-electron chi connectivity index (χ4n) is 3.96. The number of aryl methyl sites for hydroxylation is 1. The highest BCUT2D eigenvalue weighted by molar-refractivity contribution is 5.68. The van der Waals surface area contributed by atoms with Crippen LogP contribution in [-0.4, -0.2) is 60.2 Å². The lowest BCUT2D eigenvalue weighted by Crippen LogP contribution is -2.35. The van der Waals surface area contributed by atoms with Crippen molar-refractivity contribution < 1.29 is 14.3 Å². The Balaban J connectivity index is 1.36. The Morgan fingerprint density at radius 2 is 2.09 bits per heavy atom. The molecular weight excluding hydrogens is 408 g/mol. The third-order valence-electron chi connectivity index (χ3n) is 5.59. The van der Waals surface area contributed by atoms with E-state index >= 15 is 0 Å². The van der Waals surface area contributed by atoms with Crippen LogP contribution in [0.3, 0.4) is 0 Å². The maximum atomic E-state index is 12.3. The molecule has 0 aliphatic carbocycles. The molecule has 0 radical (unpaired) electrons. The van der Waals surface area contributed by atoms with Crippen molar-refractivity contribution >= 4 is 11.6 Å². The van der Waals surface area contributed by atoms with Gasteiger partial charge in [0, 0.05) is 31.9 Å². The first-order valence-electron chi connectivity index (χ1n) is 11.2. The topological polar surface area (TPSA) is 86.8 Å². The molecule has 9 heteroatoms. The van der Waals surface area contributed by atoms with Gasteiger partial charge in [-0.2, -0.15) is 10.2 Å². The zero-order valence-corrected chi connectivity index (χ0v) is 19.5. The molecule has 1 saturated heterocycles. The van der Waals surface area contributed by atoms with E-state index in [2.05, 4.69) is 17.1 Å². The largest absolute Gasteiger partial charge is 0.473 e. The molecule has 1 fully saturated rings. The summed E-state index contributed by atoms with van der Waals surface area (Å²) in [6.45, 7) is 9.24. The van der Waals surface area contributed by atoms with Crippen LogP contribution in [0.25, 0.3) is 16.8 Å². The molecule has 0 aromatic carbocycles. The predicted octanol–water partition coefficient (Wildman–Crippen LogP) is 3.93. The van der Waals surface area contributed by atoms with E-state index in [1.807, 2.05) is 51.2 Å². The summed E-state index contributed by atoms with van der Waals surface area (Å²) in [5, 5.41) is 8.59. The number of nitrogens with zero attached hydrogens (tertiary/aromatic N) is 6. The average molecular weight is 441 g/mol. The van der Waals surface area contributed by atoms with E-state index in [4.69, 9.17) is 14.5 Å². The fraction of sp³-hybridized carbons (Fsp3) is 0.565. The molecule has 3 aromatic heterocycles. The van der Waals surface area contributed by atoms with E-state index in [-0.39, 0.29) is 12.2 Å². The van der Waals surface area contributed by atoms with Crippen LogP contribution >= 0.6 is 0 Å². The summed E-state index contributed by atoms with van der Waals surface area (Å²) in [5.41, 5.74) is 2.05. The highest BCUT2D eigenvalue weighted by Crippen LogP contribution is 2.27. The zero-order valence-electron chi connectivity index (χ0n) is 19.5. The molecule has 0 spiro atoms. The molecule has 4 rings (SSSR count). The molecule has 1 aliphatic heterocycles. The lowest BCUT2D eigenvalue weighted by atomic mass is 10.0. The first-order valence-corrected chi connectivity index (χ1v) is 11.2. The van der Waals surface area contributed by atoms with Gasteiger partial charge >= 0.3 is 6.09 Å². The van der Waals surface area contributed by atoms with Crippen molar-refractivity contribution in [2.75, 3.05) is 13.1 Å². The summed E-state index contributed by atoms with van der Waals surface area (Å²) < 4.78 is 15.3. The molecule has 32 heavy (non-hydrogen) atoms. The Hall–Kier alpha value is -3.10. The molecule has 0 bridgehead atoms. The van der Waals surface area contributed by atoms with E-state index in [1.165, 1.54) is 0 Å². The Labute approximate surface area is 188 Å². The quantitative estimate of drug-likeness (QED) is 0.577. The first kappa shape index (κ1) is 22.1. The number of rotatable bonds is 6. The monoisotopic (exact) mass is 440 g/mol. The third-order valence-corrected chi connectivity index (χ3v) is 5.59. The Kier molecular flexibility index (Phi) is 6.08. The van der Waals surface area contributed by atoms with Gasteiger partial charge in [-0.05, 0) is 58.9 Å². The van der Waals surface area contributed by atoms with Crippen molar-refractivity contribution in [3.05, 3.63) is 30.9 Å². The van der Waals surface area contributed by atoms with E-state index < -0.39 is 5.60 Å². The number of hydrogen-bond donors (Lipinski definition) is 0. The van der Waals surface area contributed by atoms with E-state index in [9.17, 15) is 4.79 Å². The molecule has 3 aromatic rings. The van der Waals surface area contributed by atoms with Crippen LogP contribution in [0, 0.1) is 5.92 Å². The predicted molar refractivity (Wildman–Crippen MR) is 120 cm³/mol. The summed E-state index contributed by atoms with van der Waals surface area (Å²) in [6.07, 6.45) is 9.95. The third kappa shape index (κ3) is 5.20. The number of amides is 1. The second-order valence-electron chi connectivity index (χ2n) is 9.58. The van der Waals surface area contributed by atoms with Gasteiger partial charge in [-0.25, -0.2) is 14.3 Å². The number of hydrogen-bond acceptors (Lipinski definition) is 6. The molecule has 2 atom stereocenters. The van der Waals surface area contributed by atoms with Crippen LogP contribution in [0.15, 0.2) is 30.9 Å². The molecule has 0 N–H and O–H groups in total. The Bertz CT molecular complexity index is 1080. The highest BCUT2D eigenvalue weighted by Gasteiger charge is 2.30. The lowest BCUT2D eigenvalue weighted by molar-refractivity contribution is 0.0287. The van der Waals surface area contributed by atoms with Crippen LogP contribution in [0.2, 0.25) is 0 Å². The average Bonchev–Trinajstić information content (AvgIpc) is 3.45. The molecule has 1 aliphatic rings. The van der Waals surface area contributed by atoms with Gasteiger partial charge in [0.1, 0.15) is 11.1 Å². The number of aromatic nitrogens is 5. The summed E-state index contributed by atoms with van der Waals surface area (Å²) in [5.74, 6) is 1.02. The van der Waals surface area contributed by atoms with E-state index in [0.29, 0.717) is 11.8 Å². The van der Waals surface area contributed by atoms with Crippen molar-refractivity contribution in [3.63, 3.8) is 0 Å². The van der Waals surface area contributed by atoms with Gasteiger partial charge in [-0.3, -0.25) is 4.68 Å². The van der Waals surface area contributed by atoms with Crippen molar-refractivity contribution in [1.29, 1.82) is 0 Å². The Morgan fingerprint density at radius 1 is 1.28 bits per heavy atom. The van der Waals surface area contributed by atoms with Crippen LogP contribution in [0.4, 0.5) is 4.79 Å². The van der Waals surface area contributed by atoms with Gasteiger partial charge in [0.05, 0.1) is 30.4 Å². The summed E-state index contributed by atoms with van der Waals surface area (Å²) in [7, 11) is 1.88. The molecule has 9 nitrogen and oxygen atoms in total. The maximum Gasteiger partial charge on any atom is 0.410 e. The highest BCUT2D eigenvalue weighted by atomic mass is 16.6. The molecule has 0 saturated carbocycles. The lowest BCUT2D eigenvalue weighted by Gasteiger charge is -2.24. The van der Waals surface area contributed by atoms with Crippen molar-refractivity contribution in [3.8, 4) is 17.1 Å². The minimum atomic E-state index is -0.464. The minimum absolute atomic E-state index is 0.0130. The maximum absolute atomic E-state index is 12.3. The van der Waals surface area contributed by atoms with Crippen LogP contribution in [0.1, 0.15) is 47.0 Å². The number of carbonyl (C=O) groups is 1. The van der Waals surface area contributed by atoms with Gasteiger partial charge in [0.2, 0.25) is 5.88 Å². The van der Waals surface area contributed by atoms with Gasteiger partial charge in [0.25, 0.3) is 0 Å². The van der Waals surface area contributed by atoms with Gasteiger partial charge in [-0.15, -0.1) is 0 Å². The van der Waals surface area contributed by atoms with Crippen molar-refractivity contribution in [2.24, 2.45) is 13.0 Å². The second-order valence-corrected chi connectivity index (χ2v) is 9.58. The molecule has 172 valence electrons. The fourth-order valence-corrected chi connectivity index (χ4v) is 3.96. The first-order chi connectivity index (χ1) is 15.2. The van der Waals surface area contributed by atoms with Gasteiger partial charge in [0.15, 0.2) is 0 Å². The molecule has 1 unspecified atom stereocenters.